The van der Waals surface area contributed by atoms with E-state index in [-0.39, 0.29) is 11.4 Å². The summed E-state index contributed by atoms with van der Waals surface area (Å²) in [5.74, 6) is 0.133. The first-order chi connectivity index (χ1) is 10.1. The standard InChI is InChI=1S/C14H13BrN2O4/c1-20-10-5-3-9(4-6-10)7-17-12(13(19)21-2)11(8-18)16-14(17)15/h3-6,8H,7H2,1-2H3. The van der Waals surface area contributed by atoms with Crippen LogP contribution in [0.2, 0.25) is 0 Å². The van der Waals surface area contributed by atoms with Crippen LogP contribution in [0.15, 0.2) is 29.0 Å². The number of benzene rings is 1. The van der Waals surface area contributed by atoms with Gasteiger partial charge < -0.3 is 14.0 Å². The van der Waals surface area contributed by atoms with Crippen LogP contribution in [0, 0.1) is 0 Å². The van der Waals surface area contributed by atoms with E-state index in [1.807, 2.05) is 24.3 Å². The van der Waals surface area contributed by atoms with E-state index in [1.54, 1.807) is 11.7 Å². The molecule has 0 amide bonds. The quantitative estimate of drug-likeness (QED) is 0.609. The molecule has 21 heavy (non-hydrogen) atoms. The molecule has 7 heteroatoms. The van der Waals surface area contributed by atoms with Crippen molar-refractivity contribution in [2.75, 3.05) is 14.2 Å². The van der Waals surface area contributed by atoms with Gasteiger partial charge in [-0.05, 0) is 33.6 Å². The van der Waals surface area contributed by atoms with E-state index >= 15 is 0 Å². The molecule has 0 fully saturated rings. The summed E-state index contributed by atoms with van der Waals surface area (Å²) in [5.41, 5.74) is 1.09. The van der Waals surface area contributed by atoms with Crippen LogP contribution in [0.5, 0.6) is 5.75 Å². The fourth-order valence-corrected chi connectivity index (χ4v) is 2.39. The number of carbonyl (C=O) groups excluding carboxylic acids is 2. The number of imidazole rings is 1. The average Bonchev–Trinajstić information content (AvgIpc) is 2.83. The molecule has 0 aliphatic carbocycles. The van der Waals surface area contributed by atoms with Crippen LogP contribution < -0.4 is 4.74 Å². The molecule has 2 rings (SSSR count). The van der Waals surface area contributed by atoms with Gasteiger partial charge in [-0.2, -0.15) is 0 Å². The van der Waals surface area contributed by atoms with Gasteiger partial charge in [0.15, 0.2) is 16.7 Å². The highest BCUT2D eigenvalue weighted by Gasteiger charge is 2.22. The lowest BCUT2D eigenvalue weighted by Crippen LogP contribution is -2.13. The summed E-state index contributed by atoms with van der Waals surface area (Å²) >= 11 is 3.25. The molecule has 0 atom stereocenters. The number of hydrogen-bond donors (Lipinski definition) is 0. The van der Waals surface area contributed by atoms with Crippen LogP contribution in [-0.2, 0) is 11.3 Å². The van der Waals surface area contributed by atoms with Gasteiger partial charge >= 0.3 is 5.97 Å². The van der Waals surface area contributed by atoms with E-state index < -0.39 is 5.97 Å². The normalized spacial score (nSPS) is 10.2. The highest BCUT2D eigenvalue weighted by Crippen LogP contribution is 2.20. The number of aldehydes is 1. The number of nitrogens with zero attached hydrogens (tertiary/aromatic N) is 2. The van der Waals surface area contributed by atoms with Crippen molar-refractivity contribution in [3.63, 3.8) is 0 Å². The van der Waals surface area contributed by atoms with Crippen molar-refractivity contribution in [2.24, 2.45) is 0 Å². The van der Waals surface area contributed by atoms with Crippen LogP contribution >= 0.6 is 15.9 Å². The third-order valence-corrected chi connectivity index (χ3v) is 3.54. The monoisotopic (exact) mass is 352 g/mol. The molecule has 0 spiro atoms. The number of carbonyl (C=O) groups is 2. The first-order valence-corrected chi connectivity index (χ1v) is 6.82. The highest BCUT2D eigenvalue weighted by molar-refractivity contribution is 9.10. The predicted molar refractivity (Wildman–Crippen MR) is 78.8 cm³/mol. The molecule has 0 unspecified atom stereocenters. The smallest absolute Gasteiger partial charge is 0.357 e. The third kappa shape index (κ3) is 3.13. The summed E-state index contributed by atoms with van der Waals surface area (Å²) in [6.07, 6.45) is 0.529. The lowest BCUT2D eigenvalue weighted by atomic mass is 10.2. The highest BCUT2D eigenvalue weighted by atomic mass is 79.9. The van der Waals surface area contributed by atoms with E-state index in [0.717, 1.165) is 11.3 Å². The molecular formula is C14H13BrN2O4. The fourth-order valence-electron chi connectivity index (χ4n) is 1.89. The number of ether oxygens (including phenoxy) is 2. The average molecular weight is 353 g/mol. The lowest BCUT2D eigenvalue weighted by molar-refractivity contribution is 0.0586. The van der Waals surface area contributed by atoms with Crippen LogP contribution in [0.4, 0.5) is 0 Å². The van der Waals surface area contributed by atoms with Gasteiger partial charge in [0.2, 0.25) is 0 Å². The van der Waals surface area contributed by atoms with Crippen molar-refractivity contribution in [1.82, 2.24) is 9.55 Å². The lowest BCUT2D eigenvalue weighted by Gasteiger charge is -2.09. The second-order valence-electron chi connectivity index (χ2n) is 4.16. The van der Waals surface area contributed by atoms with Gasteiger partial charge in [-0.25, -0.2) is 9.78 Å². The van der Waals surface area contributed by atoms with E-state index in [1.165, 1.54) is 7.11 Å². The Morgan fingerprint density at radius 1 is 1.33 bits per heavy atom. The molecule has 0 saturated heterocycles. The zero-order valence-electron chi connectivity index (χ0n) is 11.5. The minimum atomic E-state index is -0.608. The second-order valence-corrected chi connectivity index (χ2v) is 4.87. The molecule has 2 aromatic rings. The maximum atomic E-state index is 11.8. The Morgan fingerprint density at radius 3 is 2.52 bits per heavy atom. The van der Waals surface area contributed by atoms with E-state index in [2.05, 4.69) is 20.9 Å². The van der Waals surface area contributed by atoms with Crippen molar-refractivity contribution in [3.8, 4) is 5.75 Å². The van der Waals surface area contributed by atoms with Crippen LogP contribution in [0.25, 0.3) is 0 Å². The van der Waals surface area contributed by atoms with Crippen LogP contribution in [-0.4, -0.2) is 36.0 Å². The Balaban J connectivity index is 2.40. The summed E-state index contributed by atoms with van der Waals surface area (Å²) in [6.45, 7) is 0.371. The Bertz CT molecular complexity index is 664. The zero-order chi connectivity index (χ0) is 15.4. The Kier molecular flexibility index (Phi) is 4.74. The Labute approximate surface area is 129 Å². The number of methoxy groups -OCH3 is 2. The molecule has 1 aromatic carbocycles. The van der Waals surface area contributed by atoms with Gasteiger partial charge in [0.1, 0.15) is 11.4 Å². The molecule has 0 aliphatic heterocycles. The molecule has 0 radical (unpaired) electrons. The molecule has 1 heterocycles. The molecule has 0 saturated carbocycles. The summed E-state index contributed by atoms with van der Waals surface area (Å²) in [5, 5.41) is 0. The van der Waals surface area contributed by atoms with Crippen molar-refractivity contribution >= 4 is 28.2 Å². The van der Waals surface area contributed by atoms with Crippen molar-refractivity contribution in [3.05, 3.63) is 46.0 Å². The molecule has 0 N–H and O–H groups in total. The number of hydrogen-bond acceptors (Lipinski definition) is 5. The maximum absolute atomic E-state index is 11.8. The van der Waals surface area contributed by atoms with Gasteiger partial charge in [-0.3, -0.25) is 4.79 Å². The first-order valence-electron chi connectivity index (χ1n) is 6.03. The summed E-state index contributed by atoms with van der Waals surface area (Å²) in [7, 11) is 2.85. The summed E-state index contributed by atoms with van der Waals surface area (Å²) in [6, 6.07) is 7.37. The summed E-state index contributed by atoms with van der Waals surface area (Å²) in [4.78, 5) is 26.9. The van der Waals surface area contributed by atoms with Gasteiger partial charge in [0.25, 0.3) is 0 Å². The molecule has 0 aliphatic rings. The molecule has 6 nitrogen and oxygen atoms in total. The topological polar surface area (TPSA) is 70.4 Å². The van der Waals surface area contributed by atoms with Gasteiger partial charge in [0, 0.05) is 0 Å². The van der Waals surface area contributed by atoms with Gasteiger partial charge in [-0.1, -0.05) is 12.1 Å². The second kappa shape index (κ2) is 6.53. The molecular weight excluding hydrogens is 340 g/mol. The third-order valence-electron chi connectivity index (χ3n) is 2.94. The minimum Gasteiger partial charge on any atom is -0.497 e. The van der Waals surface area contributed by atoms with Gasteiger partial charge in [-0.15, -0.1) is 0 Å². The molecule has 1 aromatic heterocycles. The summed E-state index contributed by atoms with van der Waals surface area (Å²) < 4.78 is 11.8. The fraction of sp³-hybridized carbons (Fsp3) is 0.214. The number of esters is 1. The van der Waals surface area contributed by atoms with Crippen molar-refractivity contribution in [2.45, 2.75) is 6.54 Å². The SMILES string of the molecule is COC(=O)c1c(C=O)nc(Br)n1Cc1ccc(OC)cc1. The van der Waals surface area contributed by atoms with Crippen LogP contribution in [0.3, 0.4) is 0 Å². The largest absolute Gasteiger partial charge is 0.497 e. The van der Waals surface area contributed by atoms with E-state index in [0.29, 0.717) is 17.6 Å². The zero-order valence-corrected chi connectivity index (χ0v) is 13.1. The first kappa shape index (κ1) is 15.2. The molecule has 0 bridgehead atoms. The van der Waals surface area contributed by atoms with Gasteiger partial charge in [0.05, 0.1) is 20.8 Å². The maximum Gasteiger partial charge on any atom is 0.357 e. The van der Waals surface area contributed by atoms with Crippen LogP contribution in [0.1, 0.15) is 26.5 Å². The van der Waals surface area contributed by atoms with E-state index in [4.69, 9.17) is 9.47 Å². The Hall–Kier alpha value is -2.15. The molecule has 110 valence electrons. The Morgan fingerprint density at radius 2 is 2.00 bits per heavy atom. The predicted octanol–water partition coefficient (Wildman–Crippen LogP) is 2.30. The number of halogens is 1. The van der Waals surface area contributed by atoms with Crippen molar-refractivity contribution in [1.29, 1.82) is 0 Å². The van der Waals surface area contributed by atoms with E-state index in [9.17, 15) is 9.59 Å². The number of aromatic nitrogens is 2. The number of rotatable bonds is 5. The van der Waals surface area contributed by atoms with Crippen molar-refractivity contribution < 1.29 is 19.1 Å². The minimum absolute atomic E-state index is 0.0437.